The molecule has 0 bridgehead atoms. The van der Waals surface area contributed by atoms with E-state index in [-0.39, 0.29) is 0 Å². The number of benzene rings is 4. The van der Waals surface area contributed by atoms with E-state index in [1.807, 2.05) is 0 Å². The molecule has 0 nitrogen and oxygen atoms in total. The Morgan fingerprint density at radius 2 is 0.800 bits per heavy atom. The summed E-state index contributed by atoms with van der Waals surface area (Å²) < 4.78 is 0. The quantitative estimate of drug-likeness (QED) is 0.330. The van der Waals surface area contributed by atoms with Gasteiger partial charge in [0.25, 0.3) is 0 Å². The number of rotatable bonds is 4. The highest BCUT2D eigenvalue weighted by molar-refractivity contribution is 5.84. The zero-order valence-corrected chi connectivity index (χ0v) is 18.3. The minimum absolute atomic E-state index is 1.08. The number of aryl methyl sites for hydroxylation is 4. The lowest BCUT2D eigenvalue weighted by Gasteiger charge is -2.15. The van der Waals surface area contributed by atoms with Crippen LogP contribution in [0.1, 0.15) is 33.4 Å². The van der Waals surface area contributed by atoms with Gasteiger partial charge in [-0.2, -0.15) is 0 Å². The Kier molecular flexibility index (Phi) is 5.42. The van der Waals surface area contributed by atoms with Crippen molar-refractivity contribution in [2.75, 3.05) is 0 Å². The Morgan fingerprint density at radius 3 is 1.13 bits per heavy atom. The van der Waals surface area contributed by atoms with Crippen molar-refractivity contribution in [3.63, 3.8) is 0 Å². The van der Waals surface area contributed by atoms with Crippen LogP contribution in [0.25, 0.3) is 27.8 Å². The van der Waals surface area contributed by atoms with E-state index in [0.717, 1.165) is 5.57 Å². The van der Waals surface area contributed by atoms with Gasteiger partial charge in [0, 0.05) is 0 Å². The molecule has 0 saturated heterocycles. The molecule has 0 aliphatic carbocycles. The Labute approximate surface area is 180 Å². The Morgan fingerprint density at radius 1 is 0.467 bits per heavy atom. The first kappa shape index (κ1) is 19.9. The van der Waals surface area contributed by atoms with Gasteiger partial charge in [-0.25, -0.2) is 0 Å². The smallest absolute Gasteiger partial charge is 0.0154 e. The Bertz CT molecular complexity index is 1110. The van der Waals surface area contributed by atoms with E-state index in [9.17, 15) is 0 Å². The zero-order valence-electron chi connectivity index (χ0n) is 18.3. The van der Waals surface area contributed by atoms with E-state index >= 15 is 0 Å². The minimum Gasteiger partial charge on any atom is -0.0905 e. The van der Waals surface area contributed by atoms with Crippen LogP contribution < -0.4 is 0 Å². The van der Waals surface area contributed by atoms with Crippen molar-refractivity contribution in [1.29, 1.82) is 0 Å². The van der Waals surface area contributed by atoms with E-state index < -0.39 is 0 Å². The molecule has 0 aliphatic heterocycles. The van der Waals surface area contributed by atoms with Crippen LogP contribution in [0.15, 0.2) is 91.5 Å². The van der Waals surface area contributed by atoms with Crippen molar-refractivity contribution in [2.24, 2.45) is 0 Å². The zero-order chi connectivity index (χ0) is 21.3. The van der Waals surface area contributed by atoms with Crippen molar-refractivity contribution in [3.05, 3.63) is 125 Å². The van der Waals surface area contributed by atoms with Gasteiger partial charge in [-0.05, 0) is 77.8 Å². The van der Waals surface area contributed by atoms with Crippen LogP contribution >= 0.6 is 0 Å². The van der Waals surface area contributed by atoms with Crippen LogP contribution in [0.4, 0.5) is 0 Å². The summed E-state index contributed by atoms with van der Waals surface area (Å²) in [5.74, 6) is 0. The van der Waals surface area contributed by atoms with Crippen LogP contribution in [-0.2, 0) is 0 Å². The first-order chi connectivity index (χ1) is 14.4. The van der Waals surface area contributed by atoms with E-state index in [0.29, 0.717) is 0 Å². The Hall–Kier alpha value is -3.38. The number of hydrogen-bond acceptors (Lipinski definition) is 0. The lowest BCUT2D eigenvalue weighted by molar-refractivity contribution is 1.37. The highest BCUT2D eigenvalue weighted by Crippen LogP contribution is 2.32. The second-order valence-electron chi connectivity index (χ2n) is 8.27. The van der Waals surface area contributed by atoms with Gasteiger partial charge in [0.15, 0.2) is 0 Å². The molecule has 0 atom stereocenters. The maximum atomic E-state index is 4.44. The molecule has 0 spiro atoms. The Balaban J connectivity index is 1.64. The van der Waals surface area contributed by atoms with Crippen molar-refractivity contribution in [3.8, 4) is 22.3 Å². The second kappa shape index (κ2) is 8.16. The van der Waals surface area contributed by atoms with E-state index in [2.05, 4.69) is 119 Å². The van der Waals surface area contributed by atoms with E-state index in [1.54, 1.807) is 0 Å². The molecule has 0 heterocycles. The summed E-state index contributed by atoms with van der Waals surface area (Å²) >= 11 is 0. The summed E-state index contributed by atoms with van der Waals surface area (Å²) in [6, 6.07) is 30.8. The molecule has 0 aromatic heterocycles. The molecule has 0 saturated carbocycles. The highest BCUT2D eigenvalue weighted by Gasteiger charge is 2.11. The van der Waals surface area contributed by atoms with Crippen LogP contribution in [0, 0.1) is 27.7 Å². The highest BCUT2D eigenvalue weighted by atomic mass is 14.1. The van der Waals surface area contributed by atoms with Crippen LogP contribution in [0.5, 0.6) is 0 Å². The van der Waals surface area contributed by atoms with Gasteiger partial charge in [-0.1, -0.05) is 103 Å². The summed E-state index contributed by atoms with van der Waals surface area (Å²) in [6.45, 7) is 13.0. The van der Waals surface area contributed by atoms with E-state index in [1.165, 1.54) is 55.6 Å². The summed E-state index contributed by atoms with van der Waals surface area (Å²) in [6.07, 6.45) is 0. The molecule has 0 aliphatic rings. The third-order valence-electron chi connectivity index (χ3n) is 5.87. The lowest BCUT2D eigenvalue weighted by atomic mass is 9.89. The van der Waals surface area contributed by atoms with Crippen LogP contribution in [0.2, 0.25) is 0 Å². The standard InChI is InChI=1S/C30H28/c1-20-6-10-25(11-7-20)27-14-16-29(22(3)18-27)24(5)30-17-15-28(19-23(30)4)26-12-8-21(2)9-13-26/h6-19H,5H2,1-4H3. The largest absolute Gasteiger partial charge is 0.0905 e. The molecule has 0 fully saturated rings. The van der Waals surface area contributed by atoms with Gasteiger partial charge in [0.05, 0.1) is 0 Å². The molecule has 4 rings (SSSR count). The summed E-state index contributed by atoms with van der Waals surface area (Å²) in [5.41, 5.74) is 13.5. The summed E-state index contributed by atoms with van der Waals surface area (Å²) in [5, 5.41) is 0. The monoisotopic (exact) mass is 388 g/mol. The van der Waals surface area contributed by atoms with Gasteiger partial charge < -0.3 is 0 Å². The van der Waals surface area contributed by atoms with Crippen molar-refractivity contribution in [2.45, 2.75) is 27.7 Å². The molecule has 4 aromatic carbocycles. The summed E-state index contributed by atoms with van der Waals surface area (Å²) in [7, 11) is 0. The first-order valence-corrected chi connectivity index (χ1v) is 10.5. The predicted molar refractivity (Wildman–Crippen MR) is 131 cm³/mol. The fraction of sp³-hybridized carbons (Fsp3) is 0.133. The van der Waals surface area contributed by atoms with Gasteiger partial charge in [-0.3, -0.25) is 0 Å². The fourth-order valence-corrected chi connectivity index (χ4v) is 4.00. The van der Waals surface area contributed by atoms with Gasteiger partial charge >= 0.3 is 0 Å². The number of hydrogen-bond donors (Lipinski definition) is 0. The normalized spacial score (nSPS) is 10.8. The van der Waals surface area contributed by atoms with Gasteiger partial charge in [-0.15, -0.1) is 0 Å². The minimum atomic E-state index is 1.08. The third kappa shape index (κ3) is 4.00. The van der Waals surface area contributed by atoms with Gasteiger partial charge in [0.1, 0.15) is 0 Å². The maximum Gasteiger partial charge on any atom is -0.0154 e. The molecule has 0 amide bonds. The summed E-state index contributed by atoms with van der Waals surface area (Å²) in [4.78, 5) is 0. The SMILES string of the molecule is C=C(c1ccc(-c2ccc(C)cc2)cc1C)c1ccc(-c2ccc(C)cc2)cc1C. The van der Waals surface area contributed by atoms with Crippen molar-refractivity contribution >= 4 is 5.57 Å². The third-order valence-corrected chi connectivity index (χ3v) is 5.87. The van der Waals surface area contributed by atoms with Crippen LogP contribution in [0.3, 0.4) is 0 Å². The maximum absolute atomic E-state index is 4.44. The molecule has 30 heavy (non-hydrogen) atoms. The molecule has 0 heteroatoms. The van der Waals surface area contributed by atoms with Crippen molar-refractivity contribution in [1.82, 2.24) is 0 Å². The molecular weight excluding hydrogens is 360 g/mol. The molecule has 148 valence electrons. The van der Waals surface area contributed by atoms with Crippen LogP contribution in [-0.4, -0.2) is 0 Å². The molecular formula is C30H28. The molecule has 4 aromatic rings. The first-order valence-electron chi connectivity index (χ1n) is 10.5. The lowest BCUT2D eigenvalue weighted by Crippen LogP contribution is -1.94. The average molecular weight is 389 g/mol. The van der Waals surface area contributed by atoms with Crippen molar-refractivity contribution < 1.29 is 0 Å². The average Bonchev–Trinajstić information content (AvgIpc) is 2.74. The fourth-order valence-electron chi connectivity index (χ4n) is 4.00. The molecule has 0 N–H and O–H groups in total. The topological polar surface area (TPSA) is 0 Å². The molecule has 0 unspecified atom stereocenters. The van der Waals surface area contributed by atoms with E-state index in [4.69, 9.17) is 0 Å². The second-order valence-corrected chi connectivity index (χ2v) is 8.27. The van der Waals surface area contributed by atoms with Gasteiger partial charge in [0.2, 0.25) is 0 Å². The predicted octanol–water partition coefficient (Wildman–Crippen LogP) is 8.32. The molecule has 0 radical (unpaired) electrons.